The Hall–Kier alpha value is -1.61. The number of aromatic nitrogens is 2. The molecule has 2 rings (SSSR count). The lowest BCUT2D eigenvalue weighted by atomic mass is 10.1. The van der Waals surface area contributed by atoms with Crippen LogP contribution in [-0.4, -0.2) is 16.5 Å². The standard InChI is InChI=1S/C15H18ClN3/c1-11(2)14-8-15(19-10-18-14)17-9-13(16)12-6-4-3-5-7-12/h3-8,10-11,13H,9H2,1-2H3,(H,17,18,19). The minimum absolute atomic E-state index is 0.0707. The zero-order chi connectivity index (χ0) is 13.7. The van der Waals surface area contributed by atoms with Gasteiger partial charge in [0.2, 0.25) is 0 Å². The van der Waals surface area contributed by atoms with Crippen molar-refractivity contribution in [1.29, 1.82) is 0 Å². The Bertz CT molecular complexity index is 514. The average Bonchev–Trinajstić information content (AvgIpc) is 2.46. The predicted octanol–water partition coefficient (Wildman–Crippen LogP) is 3.99. The Balaban J connectivity index is 1.97. The molecule has 1 heterocycles. The van der Waals surface area contributed by atoms with Crippen LogP contribution in [0.1, 0.15) is 36.4 Å². The summed E-state index contributed by atoms with van der Waals surface area (Å²) in [5, 5.41) is 3.18. The zero-order valence-corrected chi connectivity index (χ0v) is 11.9. The van der Waals surface area contributed by atoms with Crippen molar-refractivity contribution in [2.75, 3.05) is 11.9 Å². The van der Waals surface area contributed by atoms with Gasteiger partial charge < -0.3 is 5.32 Å². The van der Waals surface area contributed by atoms with Crippen LogP contribution >= 0.6 is 11.6 Å². The first-order chi connectivity index (χ1) is 9.16. The number of nitrogens with one attached hydrogen (secondary N) is 1. The van der Waals surface area contributed by atoms with Crippen LogP contribution in [0.2, 0.25) is 0 Å². The van der Waals surface area contributed by atoms with Gasteiger partial charge in [-0.05, 0) is 11.5 Å². The van der Waals surface area contributed by atoms with Crippen LogP contribution in [0, 0.1) is 0 Å². The number of hydrogen-bond donors (Lipinski definition) is 1. The van der Waals surface area contributed by atoms with Crippen molar-refractivity contribution in [3.8, 4) is 0 Å². The van der Waals surface area contributed by atoms with Crippen LogP contribution in [0.4, 0.5) is 5.82 Å². The molecule has 19 heavy (non-hydrogen) atoms. The van der Waals surface area contributed by atoms with Crippen LogP contribution in [0.15, 0.2) is 42.7 Å². The van der Waals surface area contributed by atoms with E-state index in [0.717, 1.165) is 17.1 Å². The first-order valence-electron chi connectivity index (χ1n) is 6.41. The fraction of sp³-hybridized carbons (Fsp3) is 0.333. The van der Waals surface area contributed by atoms with Crippen LogP contribution in [0.3, 0.4) is 0 Å². The molecule has 1 aromatic heterocycles. The topological polar surface area (TPSA) is 37.8 Å². The van der Waals surface area contributed by atoms with Crippen LogP contribution in [-0.2, 0) is 0 Å². The second kappa shape index (κ2) is 6.53. The van der Waals surface area contributed by atoms with Crippen LogP contribution in [0.5, 0.6) is 0 Å². The minimum Gasteiger partial charge on any atom is -0.368 e. The van der Waals surface area contributed by atoms with Gasteiger partial charge in [-0.15, -0.1) is 11.6 Å². The molecule has 0 bridgehead atoms. The Labute approximate surface area is 119 Å². The molecule has 2 aromatic rings. The van der Waals surface area contributed by atoms with Crippen molar-refractivity contribution in [1.82, 2.24) is 9.97 Å². The summed E-state index contributed by atoms with van der Waals surface area (Å²) in [6, 6.07) is 12.0. The lowest BCUT2D eigenvalue weighted by Crippen LogP contribution is -2.10. The molecule has 1 unspecified atom stereocenters. The second-order valence-corrected chi connectivity index (χ2v) is 5.27. The van der Waals surface area contributed by atoms with E-state index >= 15 is 0 Å². The summed E-state index contributed by atoms with van der Waals surface area (Å²) in [5.74, 6) is 1.21. The highest BCUT2D eigenvalue weighted by Gasteiger charge is 2.08. The molecule has 3 nitrogen and oxygen atoms in total. The quantitative estimate of drug-likeness (QED) is 0.839. The maximum atomic E-state index is 6.35. The molecule has 0 fully saturated rings. The summed E-state index contributed by atoms with van der Waals surface area (Å²) in [5.41, 5.74) is 2.14. The third-order valence-electron chi connectivity index (χ3n) is 2.90. The van der Waals surface area contributed by atoms with Gasteiger partial charge in [-0.2, -0.15) is 0 Å². The van der Waals surface area contributed by atoms with Crippen molar-refractivity contribution in [2.45, 2.75) is 25.1 Å². The third-order valence-corrected chi connectivity index (χ3v) is 3.31. The maximum absolute atomic E-state index is 6.35. The number of benzene rings is 1. The number of alkyl halides is 1. The van der Waals surface area contributed by atoms with E-state index < -0.39 is 0 Å². The predicted molar refractivity (Wildman–Crippen MR) is 79.6 cm³/mol. The van der Waals surface area contributed by atoms with Gasteiger partial charge in [0.15, 0.2) is 0 Å². The van der Waals surface area contributed by atoms with Gasteiger partial charge in [-0.3, -0.25) is 0 Å². The van der Waals surface area contributed by atoms with Crippen LogP contribution < -0.4 is 5.32 Å². The Morgan fingerprint density at radius 1 is 1.16 bits per heavy atom. The van der Waals surface area contributed by atoms with E-state index in [0.29, 0.717) is 12.5 Å². The highest BCUT2D eigenvalue weighted by Crippen LogP contribution is 2.21. The van der Waals surface area contributed by atoms with Gasteiger partial charge in [0.1, 0.15) is 12.1 Å². The summed E-state index contributed by atoms with van der Waals surface area (Å²) in [6.45, 7) is 4.86. The summed E-state index contributed by atoms with van der Waals surface area (Å²) < 4.78 is 0. The summed E-state index contributed by atoms with van der Waals surface area (Å²) in [7, 11) is 0. The molecular weight excluding hydrogens is 258 g/mol. The normalized spacial score (nSPS) is 12.4. The molecule has 0 aliphatic carbocycles. The van der Waals surface area contributed by atoms with E-state index in [1.54, 1.807) is 6.33 Å². The number of halogens is 1. The van der Waals surface area contributed by atoms with E-state index in [2.05, 4.69) is 29.1 Å². The van der Waals surface area contributed by atoms with Gasteiger partial charge in [0.25, 0.3) is 0 Å². The van der Waals surface area contributed by atoms with Crippen molar-refractivity contribution in [3.05, 3.63) is 54.0 Å². The molecule has 0 radical (unpaired) electrons. The number of hydrogen-bond acceptors (Lipinski definition) is 3. The van der Waals surface area contributed by atoms with Gasteiger partial charge in [0, 0.05) is 18.3 Å². The highest BCUT2D eigenvalue weighted by molar-refractivity contribution is 6.21. The van der Waals surface area contributed by atoms with E-state index in [1.807, 2.05) is 36.4 Å². The first kappa shape index (κ1) is 13.8. The van der Waals surface area contributed by atoms with E-state index in [9.17, 15) is 0 Å². The van der Waals surface area contributed by atoms with E-state index in [1.165, 1.54) is 0 Å². The fourth-order valence-electron chi connectivity index (χ4n) is 1.76. The van der Waals surface area contributed by atoms with Crippen molar-refractivity contribution < 1.29 is 0 Å². The van der Waals surface area contributed by atoms with Gasteiger partial charge in [0.05, 0.1) is 5.38 Å². The number of anilines is 1. The van der Waals surface area contributed by atoms with Crippen LogP contribution in [0.25, 0.3) is 0 Å². The third kappa shape index (κ3) is 3.93. The molecular formula is C15H18ClN3. The first-order valence-corrected chi connectivity index (χ1v) is 6.85. The molecule has 1 atom stereocenters. The summed E-state index contributed by atoms with van der Waals surface area (Å²) in [4.78, 5) is 8.45. The SMILES string of the molecule is CC(C)c1cc(NCC(Cl)c2ccccc2)ncn1. The number of nitrogens with zero attached hydrogens (tertiary/aromatic N) is 2. The Morgan fingerprint density at radius 3 is 2.58 bits per heavy atom. The molecule has 0 amide bonds. The lowest BCUT2D eigenvalue weighted by molar-refractivity contribution is 0.813. The molecule has 100 valence electrons. The molecule has 0 aliphatic heterocycles. The van der Waals surface area contributed by atoms with Crippen molar-refractivity contribution in [2.24, 2.45) is 0 Å². The van der Waals surface area contributed by atoms with E-state index in [4.69, 9.17) is 11.6 Å². The van der Waals surface area contributed by atoms with Gasteiger partial charge >= 0.3 is 0 Å². The molecule has 0 saturated carbocycles. The average molecular weight is 276 g/mol. The molecule has 1 N–H and O–H groups in total. The second-order valence-electron chi connectivity index (χ2n) is 4.74. The Kier molecular flexibility index (Phi) is 4.74. The van der Waals surface area contributed by atoms with Gasteiger partial charge in [-0.25, -0.2) is 9.97 Å². The Morgan fingerprint density at radius 2 is 1.89 bits per heavy atom. The lowest BCUT2D eigenvalue weighted by Gasteiger charge is -2.12. The molecule has 0 aliphatic rings. The summed E-state index contributed by atoms with van der Waals surface area (Å²) >= 11 is 6.35. The smallest absolute Gasteiger partial charge is 0.129 e. The largest absolute Gasteiger partial charge is 0.368 e. The molecule has 4 heteroatoms. The minimum atomic E-state index is -0.0707. The monoisotopic (exact) mass is 275 g/mol. The highest BCUT2D eigenvalue weighted by atomic mass is 35.5. The zero-order valence-electron chi connectivity index (χ0n) is 11.2. The number of rotatable bonds is 5. The summed E-state index contributed by atoms with van der Waals surface area (Å²) in [6.07, 6.45) is 1.59. The maximum Gasteiger partial charge on any atom is 0.129 e. The van der Waals surface area contributed by atoms with Crippen molar-refractivity contribution >= 4 is 17.4 Å². The van der Waals surface area contributed by atoms with Gasteiger partial charge in [-0.1, -0.05) is 44.2 Å². The molecule has 0 saturated heterocycles. The molecule has 0 spiro atoms. The molecule has 1 aromatic carbocycles. The van der Waals surface area contributed by atoms with E-state index in [-0.39, 0.29) is 5.38 Å². The van der Waals surface area contributed by atoms with Crippen molar-refractivity contribution in [3.63, 3.8) is 0 Å². The fourth-order valence-corrected chi connectivity index (χ4v) is 1.98.